The predicted octanol–water partition coefficient (Wildman–Crippen LogP) is 5.28. The lowest BCUT2D eigenvalue weighted by molar-refractivity contribution is -0.139. The Morgan fingerprint density at radius 3 is 2.85 bits per heavy atom. The number of hydrogen-bond acceptors (Lipinski definition) is 7. The van der Waals surface area contributed by atoms with Crippen molar-refractivity contribution in [2.24, 2.45) is 5.73 Å². The monoisotopic (exact) mass is 491 g/mol. The van der Waals surface area contributed by atoms with Crippen molar-refractivity contribution in [3.8, 4) is 5.75 Å². The molecule has 0 saturated heterocycles. The van der Waals surface area contributed by atoms with Gasteiger partial charge < -0.3 is 19.9 Å². The van der Waals surface area contributed by atoms with E-state index in [4.69, 9.17) is 31.5 Å². The van der Waals surface area contributed by atoms with Crippen LogP contribution in [0.5, 0.6) is 5.75 Å². The Hall–Kier alpha value is -2.84. The molecule has 1 atom stereocenters. The number of ether oxygens (including phenoxy) is 3. The third kappa shape index (κ3) is 4.63. The minimum Gasteiger partial charge on any atom is -0.487 e. The van der Waals surface area contributed by atoms with E-state index in [1.807, 2.05) is 13.0 Å². The van der Waals surface area contributed by atoms with Gasteiger partial charge in [0.05, 0.1) is 17.5 Å². The first-order valence-corrected chi connectivity index (χ1v) is 11.8. The molecular weight excluding hydrogens is 469 g/mol. The van der Waals surface area contributed by atoms with Crippen molar-refractivity contribution in [3.63, 3.8) is 0 Å². The Morgan fingerprint density at radius 1 is 1.33 bits per heavy atom. The fraction of sp³-hybridized carbons (Fsp3) is 0.333. The minimum atomic E-state index is -0.660. The first-order chi connectivity index (χ1) is 15.8. The van der Waals surface area contributed by atoms with Gasteiger partial charge in [-0.15, -0.1) is 11.3 Å². The number of carbonyl (C=O) groups excluding carboxylic acids is 2. The van der Waals surface area contributed by atoms with Gasteiger partial charge in [-0.1, -0.05) is 11.6 Å². The van der Waals surface area contributed by atoms with Crippen molar-refractivity contribution in [3.05, 3.63) is 73.2 Å². The average Bonchev–Trinajstić information content (AvgIpc) is 3.12. The van der Waals surface area contributed by atoms with Gasteiger partial charge in [-0.3, -0.25) is 4.79 Å². The lowest BCUT2D eigenvalue weighted by Crippen LogP contribution is -2.31. The van der Waals surface area contributed by atoms with Crippen LogP contribution in [0.2, 0.25) is 5.02 Å². The highest BCUT2D eigenvalue weighted by molar-refractivity contribution is 7.12. The van der Waals surface area contributed by atoms with Crippen molar-refractivity contribution in [2.45, 2.75) is 45.6 Å². The van der Waals surface area contributed by atoms with Gasteiger partial charge in [0.1, 0.15) is 29.5 Å². The van der Waals surface area contributed by atoms with Gasteiger partial charge in [0.15, 0.2) is 5.78 Å². The van der Waals surface area contributed by atoms with Crippen molar-refractivity contribution in [1.29, 1.82) is 0 Å². The molecule has 6 nitrogen and oxygen atoms in total. The second-order valence-corrected chi connectivity index (χ2v) is 9.44. The number of allylic oxidation sites excluding steroid dienone is 2. The van der Waals surface area contributed by atoms with E-state index >= 15 is 0 Å². The van der Waals surface area contributed by atoms with Crippen molar-refractivity contribution in [2.75, 3.05) is 6.61 Å². The zero-order valence-corrected chi connectivity index (χ0v) is 19.8. The molecule has 2 aromatic rings. The largest absolute Gasteiger partial charge is 0.487 e. The maximum atomic E-state index is 13.3. The fourth-order valence-corrected chi connectivity index (χ4v) is 5.41. The molecule has 2 heterocycles. The van der Waals surface area contributed by atoms with Crippen molar-refractivity contribution < 1.29 is 28.2 Å². The molecule has 4 rings (SSSR count). The van der Waals surface area contributed by atoms with Gasteiger partial charge in [0.2, 0.25) is 5.88 Å². The molecule has 0 saturated carbocycles. The summed E-state index contributed by atoms with van der Waals surface area (Å²) in [4.78, 5) is 27.4. The number of ketones is 1. The van der Waals surface area contributed by atoms with Crippen LogP contribution < -0.4 is 10.5 Å². The number of hydrogen-bond donors (Lipinski definition) is 1. The van der Waals surface area contributed by atoms with Gasteiger partial charge >= 0.3 is 5.97 Å². The van der Waals surface area contributed by atoms with Crippen LogP contribution in [0.3, 0.4) is 0 Å². The van der Waals surface area contributed by atoms with Crippen LogP contribution in [0.4, 0.5) is 4.39 Å². The molecule has 2 N–H and O–H groups in total. The van der Waals surface area contributed by atoms with E-state index in [1.165, 1.54) is 29.5 Å². The topological polar surface area (TPSA) is 87.9 Å². The summed E-state index contributed by atoms with van der Waals surface area (Å²) in [6, 6.07) is 5.83. The van der Waals surface area contributed by atoms with Gasteiger partial charge in [0.25, 0.3) is 0 Å². The summed E-state index contributed by atoms with van der Waals surface area (Å²) < 4.78 is 30.0. The summed E-state index contributed by atoms with van der Waals surface area (Å²) >= 11 is 7.51. The molecule has 1 aromatic carbocycles. The van der Waals surface area contributed by atoms with Gasteiger partial charge in [-0.2, -0.15) is 0 Å². The molecule has 33 heavy (non-hydrogen) atoms. The number of Topliss-reactive ketones (excluding diaryl/α,β-unsaturated/α-hetero) is 1. The molecule has 9 heteroatoms. The smallest absolute Gasteiger partial charge is 0.340 e. The average molecular weight is 492 g/mol. The van der Waals surface area contributed by atoms with Crippen LogP contribution in [0.1, 0.15) is 47.4 Å². The van der Waals surface area contributed by atoms with Crippen LogP contribution >= 0.6 is 22.9 Å². The fourth-order valence-electron chi connectivity index (χ4n) is 4.03. The van der Waals surface area contributed by atoms with Crippen LogP contribution in [0.25, 0.3) is 0 Å². The van der Waals surface area contributed by atoms with Gasteiger partial charge in [-0.25, -0.2) is 9.18 Å². The number of nitrogens with two attached hydrogens (primary N) is 1. The Labute approximate surface area is 199 Å². The normalized spacial score (nSPS) is 18.2. The van der Waals surface area contributed by atoms with E-state index in [-0.39, 0.29) is 35.5 Å². The molecule has 0 bridgehead atoms. The summed E-state index contributed by atoms with van der Waals surface area (Å²) in [6.45, 7) is 3.98. The van der Waals surface area contributed by atoms with E-state index in [0.29, 0.717) is 36.3 Å². The Kier molecular flexibility index (Phi) is 6.76. The maximum absolute atomic E-state index is 13.3. The zero-order chi connectivity index (χ0) is 23.7. The Balaban J connectivity index is 1.70. The highest BCUT2D eigenvalue weighted by atomic mass is 35.5. The number of carbonyl (C=O) groups is 2. The first-order valence-electron chi connectivity index (χ1n) is 10.6. The summed E-state index contributed by atoms with van der Waals surface area (Å²) in [5, 5.41) is 0.176. The molecule has 1 aliphatic heterocycles. The SMILES string of the molecule is CCOC(=O)C1=C(N)OC2=C(C(=O)CCC2)[C@H]1c1cc(COc2ccc(F)cc2Cl)c(C)s1. The molecule has 0 unspecified atom stereocenters. The van der Waals surface area contributed by atoms with E-state index in [2.05, 4.69) is 0 Å². The third-order valence-electron chi connectivity index (χ3n) is 5.58. The molecule has 0 radical (unpaired) electrons. The lowest BCUT2D eigenvalue weighted by Gasteiger charge is -2.31. The summed E-state index contributed by atoms with van der Waals surface area (Å²) in [5.41, 5.74) is 7.61. The van der Waals surface area contributed by atoms with Crippen LogP contribution in [0.15, 0.2) is 47.1 Å². The summed E-state index contributed by atoms with van der Waals surface area (Å²) in [7, 11) is 0. The molecule has 0 fully saturated rings. The molecular formula is C24H23ClFNO5S. The van der Waals surface area contributed by atoms with Gasteiger partial charge in [0, 0.05) is 33.7 Å². The zero-order valence-electron chi connectivity index (χ0n) is 18.2. The standard InChI is InChI=1S/C24H23ClFNO5S/c1-3-30-24(29)22-21(20-16(28)5-4-6-18(20)32-23(22)27)19-9-13(12(2)33-19)11-31-17-8-7-14(26)10-15(17)25/h7-10,21H,3-6,11,27H2,1-2H3/t21-/m1/s1. The quantitative estimate of drug-likeness (QED) is 0.553. The molecule has 2 aliphatic rings. The summed E-state index contributed by atoms with van der Waals surface area (Å²) in [6.07, 6.45) is 1.64. The number of esters is 1. The second-order valence-electron chi connectivity index (χ2n) is 7.74. The first kappa shape index (κ1) is 23.3. The molecule has 1 aromatic heterocycles. The number of rotatable bonds is 6. The lowest BCUT2D eigenvalue weighted by atomic mass is 9.80. The Bertz CT molecular complexity index is 1190. The minimum absolute atomic E-state index is 0.0335. The van der Waals surface area contributed by atoms with Gasteiger partial charge in [-0.05, 0) is 44.5 Å². The van der Waals surface area contributed by atoms with Crippen LogP contribution in [-0.2, 0) is 25.7 Å². The Morgan fingerprint density at radius 2 is 2.12 bits per heavy atom. The molecule has 174 valence electrons. The number of aryl methyl sites for hydroxylation is 1. The second kappa shape index (κ2) is 9.57. The molecule has 0 amide bonds. The van der Waals surface area contributed by atoms with E-state index in [1.54, 1.807) is 6.92 Å². The van der Waals surface area contributed by atoms with Crippen LogP contribution in [-0.4, -0.2) is 18.4 Å². The molecule has 1 aliphatic carbocycles. The third-order valence-corrected chi connectivity index (χ3v) is 7.03. The van der Waals surface area contributed by atoms with E-state index in [0.717, 1.165) is 15.3 Å². The highest BCUT2D eigenvalue weighted by Crippen LogP contribution is 2.46. The number of halogens is 2. The maximum Gasteiger partial charge on any atom is 0.340 e. The van der Waals surface area contributed by atoms with E-state index < -0.39 is 17.7 Å². The number of thiophene rings is 1. The van der Waals surface area contributed by atoms with Crippen molar-refractivity contribution >= 4 is 34.7 Å². The number of benzene rings is 1. The predicted molar refractivity (Wildman–Crippen MR) is 122 cm³/mol. The summed E-state index contributed by atoms with van der Waals surface area (Å²) in [5.74, 6) is -0.924. The van der Waals surface area contributed by atoms with E-state index in [9.17, 15) is 14.0 Å². The highest BCUT2D eigenvalue weighted by Gasteiger charge is 2.42. The molecule has 0 spiro atoms. The van der Waals surface area contributed by atoms with Crippen LogP contribution in [0, 0.1) is 12.7 Å². The van der Waals surface area contributed by atoms with Crippen molar-refractivity contribution in [1.82, 2.24) is 0 Å².